The van der Waals surface area contributed by atoms with Gasteiger partial charge in [-0.15, -0.1) is 0 Å². The molecule has 5 heteroatoms. The highest BCUT2D eigenvalue weighted by atomic mass is 35.5. The van der Waals surface area contributed by atoms with E-state index in [1.807, 2.05) is 12.1 Å². The maximum Gasteiger partial charge on any atom is 0.188 e. The molecule has 14 heavy (non-hydrogen) atoms. The van der Waals surface area contributed by atoms with Crippen molar-refractivity contribution < 1.29 is 4.74 Å². The van der Waals surface area contributed by atoms with Gasteiger partial charge >= 0.3 is 0 Å². The van der Waals surface area contributed by atoms with Gasteiger partial charge in [-0.25, -0.2) is 0 Å². The van der Waals surface area contributed by atoms with Crippen molar-refractivity contribution >= 4 is 17.4 Å². The predicted octanol–water partition coefficient (Wildman–Crippen LogP) is 2.44. The molecule has 0 bridgehead atoms. The standard InChI is InChI=1S/C9H8ClN3O/c10-6-3-1-2-4-7(6)14-8-5-12-13-9(8)11/h1-5H,(H3,11,12,13). The summed E-state index contributed by atoms with van der Waals surface area (Å²) in [7, 11) is 0. The van der Waals surface area contributed by atoms with E-state index < -0.39 is 0 Å². The number of nitrogens with one attached hydrogen (secondary N) is 1. The van der Waals surface area contributed by atoms with Crippen molar-refractivity contribution in [2.75, 3.05) is 5.73 Å². The highest BCUT2D eigenvalue weighted by molar-refractivity contribution is 6.32. The summed E-state index contributed by atoms with van der Waals surface area (Å²) in [6, 6.07) is 7.16. The SMILES string of the molecule is Nc1[nH]ncc1Oc1ccccc1Cl. The number of aromatic amines is 1. The first kappa shape index (κ1) is 8.90. The van der Waals surface area contributed by atoms with Crippen LogP contribution in [0.4, 0.5) is 5.82 Å². The lowest BCUT2D eigenvalue weighted by atomic mass is 10.3. The number of para-hydroxylation sites is 1. The Morgan fingerprint density at radius 3 is 2.71 bits per heavy atom. The van der Waals surface area contributed by atoms with Gasteiger partial charge in [-0.05, 0) is 12.1 Å². The molecule has 2 rings (SSSR count). The van der Waals surface area contributed by atoms with Crippen LogP contribution in [0.25, 0.3) is 0 Å². The van der Waals surface area contributed by atoms with Crippen LogP contribution in [0.2, 0.25) is 5.02 Å². The van der Waals surface area contributed by atoms with Crippen LogP contribution >= 0.6 is 11.6 Å². The molecule has 1 aromatic carbocycles. The van der Waals surface area contributed by atoms with Crippen LogP contribution < -0.4 is 10.5 Å². The molecule has 0 radical (unpaired) electrons. The minimum Gasteiger partial charge on any atom is -0.450 e. The van der Waals surface area contributed by atoms with E-state index in [0.29, 0.717) is 22.3 Å². The number of anilines is 1. The fourth-order valence-electron chi connectivity index (χ4n) is 1.01. The number of benzene rings is 1. The van der Waals surface area contributed by atoms with Gasteiger partial charge in [0.05, 0.1) is 11.2 Å². The monoisotopic (exact) mass is 209 g/mol. The Kier molecular flexibility index (Phi) is 2.28. The highest BCUT2D eigenvalue weighted by Crippen LogP contribution is 2.30. The van der Waals surface area contributed by atoms with Crippen molar-refractivity contribution in [2.24, 2.45) is 0 Å². The minimum absolute atomic E-state index is 0.380. The van der Waals surface area contributed by atoms with Crippen LogP contribution in [-0.4, -0.2) is 10.2 Å². The van der Waals surface area contributed by atoms with Gasteiger partial charge in [0.2, 0.25) is 0 Å². The average molecular weight is 210 g/mol. The van der Waals surface area contributed by atoms with Gasteiger partial charge in [-0.1, -0.05) is 23.7 Å². The molecule has 4 nitrogen and oxygen atoms in total. The molecule has 0 saturated carbocycles. The number of nitrogens with zero attached hydrogens (tertiary/aromatic N) is 1. The van der Waals surface area contributed by atoms with Gasteiger partial charge in [0.1, 0.15) is 5.75 Å². The Bertz CT molecular complexity index is 441. The molecule has 0 aliphatic carbocycles. The number of halogens is 1. The summed E-state index contributed by atoms with van der Waals surface area (Å²) in [6.07, 6.45) is 1.50. The molecule has 0 spiro atoms. The number of hydrogen-bond acceptors (Lipinski definition) is 3. The number of hydrogen-bond donors (Lipinski definition) is 2. The fraction of sp³-hybridized carbons (Fsp3) is 0. The summed E-state index contributed by atoms with van der Waals surface area (Å²) >= 11 is 5.90. The second-order valence-electron chi connectivity index (χ2n) is 2.68. The zero-order valence-corrected chi connectivity index (χ0v) is 7.95. The molecule has 72 valence electrons. The average Bonchev–Trinajstić information content (AvgIpc) is 2.56. The third-order valence-electron chi connectivity index (χ3n) is 1.69. The first-order valence-electron chi connectivity index (χ1n) is 3.98. The summed E-state index contributed by atoms with van der Waals surface area (Å²) in [5.74, 6) is 1.41. The number of rotatable bonds is 2. The first-order chi connectivity index (χ1) is 6.77. The van der Waals surface area contributed by atoms with Crippen LogP contribution in [0.1, 0.15) is 0 Å². The van der Waals surface area contributed by atoms with E-state index in [0.717, 1.165) is 0 Å². The zero-order valence-electron chi connectivity index (χ0n) is 7.20. The number of nitrogens with two attached hydrogens (primary N) is 1. The van der Waals surface area contributed by atoms with Crippen molar-refractivity contribution in [1.82, 2.24) is 10.2 Å². The van der Waals surface area contributed by atoms with E-state index in [1.54, 1.807) is 12.1 Å². The van der Waals surface area contributed by atoms with E-state index in [4.69, 9.17) is 22.1 Å². The van der Waals surface area contributed by atoms with Gasteiger partial charge in [0.25, 0.3) is 0 Å². The molecule has 0 saturated heterocycles. The molecule has 3 N–H and O–H groups in total. The van der Waals surface area contributed by atoms with Crippen LogP contribution in [0.15, 0.2) is 30.5 Å². The van der Waals surface area contributed by atoms with E-state index in [-0.39, 0.29) is 0 Å². The molecular weight excluding hydrogens is 202 g/mol. The summed E-state index contributed by atoms with van der Waals surface area (Å²) in [6.45, 7) is 0. The molecular formula is C9H8ClN3O. The zero-order chi connectivity index (χ0) is 9.97. The van der Waals surface area contributed by atoms with Gasteiger partial charge < -0.3 is 10.5 Å². The van der Waals surface area contributed by atoms with Crippen LogP contribution in [0.5, 0.6) is 11.5 Å². The number of nitrogen functional groups attached to an aromatic ring is 1. The van der Waals surface area contributed by atoms with Crippen LogP contribution in [0, 0.1) is 0 Å². The van der Waals surface area contributed by atoms with E-state index in [9.17, 15) is 0 Å². The quantitative estimate of drug-likeness (QED) is 0.799. The van der Waals surface area contributed by atoms with E-state index in [2.05, 4.69) is 10.2 Å². The largest absolute Gasteiger partial charge is 0.450 e. The molecule has 0 aliphatic heterocycles. The van der Waals surface area contributed by atoms with Crippen molar-refractivity contribution in [1.29, 1.82) is 0 Å². The normalized spacial score (nSPS) is 10.1. The summed E-state index contributed by atoms with van der Waals surface area (Å²) < 4.78 is 5.43. The summed E-state index contributed by atoms with van der Waals surface area (Å²) in [4.78, 5) is 0. The van der Waals surface area contributed by atoms with Crippen molar-refractivity contribution in [3.8, 4) is 11.5 Å². The smallest absolute Gasteiger partial charge is 0.188 e. The van der Waals surface area contributed by atoms with Crippen molar-refractivity contribution in [3.05, 3.63) is 35.5 Å². The maximum absolute atomic E-state index is 5.90. The van der Waals surface area contributed by atoms with E-state index >= 15 is 0 Å². The van der Waals surface area contributed by atoms with Crippen LogP contribution in [0.3, 0.4) is 0 Å². The molecule has 0 unspecified atom stereocenters. The van der Waals surface area contributed by atoms with Gasteiger partial charge in [-0.3, -0.25) is 5.10 Å². The lowest BCUT2D eigenvalue weighted by Gasteiger charge is -2.04. The molecule has 0 aliphatic rings. The molecule has 1 aromatic heterocycles. The third kappa shape index (κ3) is 1.65. The topological polar surface area (TPSA) is 63.9 Å². The lowest BCUT2D eigenvalue weighted by molar-refractivity contribution is 0.485. The lowest BCUT2D eigenvalue weighted by Crippen LogP contribution is -1.89. The second kappa shape index (κ2) is 3.59. The van der Waals surface area contributed by atoms with Gasteiger partial charge in [0, 0.05) is 0 Å². The first-order valence-corrected chi connectivity index (χ1v) is 4.36. The fourth-order valence-corrected chi connectivity index (χ4v) is 1.19. The summed E-state index contributed by atoms with van der Waals surface area (Å²) in [5, 5.41) is 6.83. The molecule has 0 amide bonds. The number of aromatic nitrogens is 2. The van der Waals surface area contributed by atoms with Crippen molar-refractivity contribution in [2.45, 2.75) is 0 Å². The van der Waals surface area contributed by atoms with Crippen molar-refractivity contribution in [3.63, 3.8) is 0 Å². The Morgan fingerprint density at radius 2 is 2.07 bits per heavy atom. The molecule has 0 atom stereocenters. The van der Waals surface area contributed by atoms with Crippen LogP contribution in [-0.2, 0) is 0 Å². The third-order valence-corrected chi connectivity index (χ3v) is 2.00. The number of ether oxygens (including phenoxy) is 1. The second-order valence-corrected chi connectivity index (χ2v) is 3.09. The Balaban J connectivity index is 2.28. The molecule has 1 heterocycles. The minimum atomic E-state index is 0.380. The van der Waals surface area contributed by atoms with Gasteiger partial charge in [0.15, 0.2) is 11.6 Å². The van der Waals surface area contributed by atoms with E-state index in [1.165, 1.54) is 6.20 Å². The highest BCUT2D eigenvalue weighted by Gasteiger charge is 2.05. The Morgan fingerprint density at radius 1 is 1.29 bits per heavy atom. The predicted molar refractivity (Wildman–Crippen MR) is 54.5 cm³/mol. The summed E-state index contributed by atoms with van der Waals surface area (Å²) in [5.41, 5.74) is 5.55. The maximum atomic E-state index is 5.90. The van der Waals surface area contributed by atoms with Gasteiger partial charge in [-0.2, -0.15) is 5.10 Å². The Labute approximate surface area is 85.6 Å². The Hall–Kier alpha value is -1.68. The molecule has 2 aromatic rings. The number of H-pyrrole nitrogens is 1. The molecule has 0 fully saturated rings.